The van der Waals surface area contributed by atoms with E-state index in [0.717, 1.165) is 31.1 Å². The summed E-state index contributed by atoms with van der Waals surface area (Å²) in [6.45, 7) is 4.33. The van der Waals surface area contributed by atoms with Crippen molar-refractivity contribution in [2.45, 2.75) is 13.3 Å². The Labute approximate surface area is 86.6 Å². The smallest absolute Gasteiger partial charge is 0.0738 e. The average molecular weight is 244 g/mol. The van der Waals surface area contributed by atoms with Crippen molar-refractivity contribution in [1.82, 2.24) is 15.1 Å². The fraction of sp³-hybridized carbons (Fsp3) is 0.667. The zero-order valence-electron chi connectivity index (χ0n) is 7.97. The minimum atomic E-state index is 0.797. The zero-order chi connectivity index (χ0) is 9.42. The summed E-state index contributed by atoms with van der Waals surface area (Å²) in [5, 5.41) is 7.65. The van der Waals surface area contributed by atoms with Crippen LogP contribution in [0.3, 0.4) is 0 Å². The molecular formula is C9H14BrN3. The second kappa shape index (κ2) is 3.42. The second-order valence-corrected chi connectivity index (χ2v) is 4.49. The first-order valence-electron chi connectivity index (χ1n) is 4.57. The van der Waals surface area contributed by atoms with Gasteiger partial charge in [-0.3, -0.25) is 4.68 Å². The van der Waals surface area contributed by atoms with E-state index in [1.54, 1.807) is 0 Å². The van der Waals surface area contributed by atoms with Gasteiger partial charge in [0.05, 0.1) is 15.9 Å². The lowest BCUT2D eigenvalue weighted by Crippen LogP contribution is -2.43. The van der Waals surface area contributed by atoms with Gasteiger partial charge in [-0.15, -0.1) is 0 Å². The summed E-state index contributed by atoms with van der Waals surface area (Å²) >= 11 is 3.58. The first kappa shape index (κ1) is 9.21. The van der Waals surface area contributed by atoms with Gasteiger partial charge in [-0.25, -0.2) is 0 Å². The maximum atomic E-state index is 4.37. The Hall–Kier alpha value is -0.350. The van der Waals surface area contributed by atoms with Crippen molar-refractivity contribution < 1.29 is 0 Å². The fourth-order valence-electron chi connectivity index (χ4n) is 1.67. The third-order valence-corrected chi connectivity index (χ3v) is 3.64. The van der Waals surface area contributed by atoms with Gasteiger partial charge in [0.1, 0.15) is 0 Å². The predicted molar refractivity (Wildman–Crippen MR) is 55.7 cm³/mol. The molecule has 0 bridgehead atoms. The van der Waals surface area contributed by atoms with Crippen molar-refractivity contribution in [2.75, 3.05) is 13.1 Å². The largest absolute Gasteiger partial charge is 0.316 e. The van der Waals surface area contributed by atoms with Gasteiger partial charge < -0.3 is 5.32 Å². The molecule has 0 amide bonds. The van der Waals surface area contributed by atoms with Crippen molar-refractivity contribution in [1.29, 1.82) is 0 Å². The summed E-state index contributed by atoms with van der Waals surface area (Å²) in [5.41, 5.74) is 2.41. The Morgan fingerprint density at radius 3 is 2.69 bits per heavy atom. The maximum Gasteiger partial charge on any atom is 0.0738 e. The van der Waals surface area contributed by atoms with Crippen LogP contribution in [0.15, 0.2) is 4.47 Å². The van der Waals surface area contributed by atoms with Gasteiger partial charge in [0.25, 0.3) is 0 Å². The lowest BCUT2D eigenvalue weighted by atomic mass is 9.97. The molecule has 1 N–H and O–H groups in total. The number of rotatable bonds is 2. The molecule has 1 aliphatic rings. The van der Waals surface area contributed by atoms with E-state index >= 15 is 0 Å². The van der Waals surface area contributed by atoms with Crippen LogP contribution in [0.5, 0.6) is 0 Å². The van der Waals surface area contributed by atoms with Crippen LogP contribution in [0.2, 0.25) is 0 Å². The molecule has 3 nitrogen and oxygen atoms in total. The summed E-state index contributed by atoms with van der Waals surface area (Å²) in [6, 6.07) is 0. The highest BCUT2D eigenvalue weighted by Crippen LogP contribution is 2.23. The highest BCUT2D eigenvalue weighted by atomic mass is 79.9. The van der Waals surface area contributed by atoms with Gasteiger partial charge in [-0.2, -0.15) is 5.10 Å². The second-order valence-electron chi connectivity index (χ2n) is 3.70. The monoisotopic (exact) mass is 243 g/mol. The molecule has 0 saturated carbocycles. The quantitative estimate of drug-likeness (QED) is 0.848. The summed E-state index contributed by atoms with van der Waals surface area (Å²) in [4.78, 5) is 0. The molecule has 0 aromatic carbocycles. The Bertz CT molecular complexity index is 315. The molecule has 1 fully saturated rings. The minimum Gasteiger partial charge on any atom is -0.316 e. The Morgan fingerprint density at radius 2 is 2.31 bits per heavy atom. The van der Waals surface area contributed by atoms with Crippen molar-refractivity contribution >= 4 is 15.9 Å². The van der Waals surface area contributed by atoms with Crippen molar-refractivity contribution in [3.8, 4) is 0 Å². The Balaban J connectivity index is 2.17. The lowest BCUT2D eigenvalue weighted by Gasteiger charge is -2.27. The van der Waals surface area contributed by atoms with E-state index in [2.05, 4.69) is 26.3 Å². The molecule has 1 saturated heterocycles. The van der Waals surface area contributed by atoms with Crippen LogP contribution in [0.1, 0.15) is 11.4 Å². The summed E-state index contributed by atoms with van der Waals surface area (Å²) in [5.74, 6) is 0.797. The first-order valence-corrected chi connectivity index (χ1v) is 5.36. The zero-order valence-corrected chi connectivity index (χ0v) is 9.56. The Kier molecular flexibility index (Phi) is 2.43. The van der Waals surface area contributed by atoms with Crippen LogP contribution in [0, 0.1) is 12.8 Å². The van der Waals surface area contributed by atoms with E-state index < -0.39 is 0 Å². The van der Waals surface area contributed by atoms with Crippen molar-refractivity contribution in [3.63, 3.8) is 0 Å². The third-order valence-electron chi connectivity index (χ3n) is 2.61. The highest BCUT2D eigenvalue weighted by Gasteiger charge is 2.21. The molecule has 0 spiro atoms. The van der Waals surface area contributed by atoms with Crippen LogP contribution in [0.4, 0.5) is 0 Å². The van der Waals surface area contributed by atoms with Gasteiger partial charge in [0, 0.05) is 7.05 Å². The predicted octanol–water partition coefficient (Wildman–Crippen LogP) is 1.25. The summed E-state index contributed by atoms with van der Waals surface area (Å²) in [6.07, 6.45) is 1.13. The van der Waals surface area contributed by atoms with E-state index in [9.17, 15) is 0 Å². The summed E-state index contributed by atoms with van der Waals surface area (Å²) in [7, 11) is 2.01. The molecule has 0 aliphatic carbocycles. The van der Waals surface area contributed by atoms with Gasteiger partial charge in [-0.05, 0) is 48.3 Å². The van der Waals surface area contributed by atoms with Gasteiger partial charge in [0.2, 0.25) is 0 Å². The number of nitrogens with one attached hydrogen (secondary N) is 1. The molecule has 1 aromatic heterocycles. The van der Waals surface area contributed by atoms with Crippen LogP contribution in [-0.2, 0) is 13.5 Å². The molecule has 72 valence electrons. The number of hydrogen-bond acceptors (Lipinski definition) is 2. The number of aromatic nitrogens is 2. The molecule has 1 aliphatic heterocycles. The first-order chi connectivity index (χ1) is 6.18. The molecule has 2 rings (SSSR count). The number of halogens is 1. The third kappa shape index (κ3) is 1.65. The van der Waals surface area contributed by atoms with E-state index in [0.29, 0.717) is 0 Å². The van der Waals surface area contributed by atoms with Gasteiger partial charge in [0.15, 0.2) is 0 Å². The van der Waals surface area contributed by atoms with Crippen LogP contribution >= 0.6 is 15.9 Å². The molecule has 1 aromatic rings. The van der Waals surface area contributed by atoms with E-state index in [1.165, 1.54) is 10.2 Å². The molecule has 0 unspecified atom stereocenters. The van der Waals surface area contributed by atoms with E-state index in [1.807, 2.05) is 18.7 Å². The van der Waals surface area contributed by atoms with Gasteiger partial charge in [-0.1, -0.05) is 0 Å². The molecule has 13 heavy (non-hydrogen) atoms. The minimum absolute atomic E-state index is 0.797. The maximum absolute atomic E-state index is 4.37. The van der Waals surface area contributed by atoms with Crippen LogP contribution in [0.25, 0.3) is 0 Å². The lowest BCUT2D eigenvalue weighted by molar-refractivity contribution is 0.339. The topological polar surface area (TPSA) is 29.9 Å². The van der Waals surface area contributed by atoms with Gasteiger partial charge >= 0.3 is 0 Å². The van der Waals surface area contributed by atoms with Crippen molar-refractivity contribution in [3.05, 3.63) is 15.9 Å². The normalized spacial score (nSPS) is 17.5. The standard InChI is InChI=1S/C9H14BrN3/c1-6-9(10)8(13(2)12-6)3-7-4-11-5-7/h7,11H,3-5H2,1-2H3. The molecule has 0 radical (unpaired) electrons. The number of aryl methyl sites for hydroxylation is 2. The summed E-state index contributed by atoms with van der Waals surface area (Å²) < 4.78 is 3.17. The molecular weight excluding hydrogens is 230 g/mol. The number of nitrogens with zero attached hydrogens (tertiary/aromatic N) is 2. The van der Waals surface area contributed by atoms with Crippen LogP contribution < -0.4 is 5.32 Å². The number of hydrogen-bond donors (Lipinski definition) is 1. The van der Waals surface area contributed by atoms with Crippen molar-refractivity contribution in [2.24, 2.45) is 13.0 Å². The van der Waals surface area contributed by atoms with E-state index in [-0.39, 0.29) is 0 Å². The molecule has 4 heteroatoms. The average Bonchev–Trinajstić information content (AvgIpc) is 2.21. The fourth-order valence-corrected chi connectivity index (χ4v) is 2.17. The molecule has 2 heterocycles. The van der Waals surface area contributed by atoms with Crippen LogP contribution in [-0.4, -0.2) is 22.9 Å². The Morgan fingerprint density at radius 1 is 1.62 bits per heavy atom. The highest BCUT2D eigenvalue weighted by molar-refractivity contribution is 9.10. The SMILES string of the molecule is Cc1nn(C)c(CC2CNC2)c1Br. The molecule has 0 atom stereocenters. The van der Waals surface area contributed by atoms with E-state index in [4.69, 9.17) is 0 Å².